The molecule has 0 aliphatic heterocycles. The second kappa shape index (κ2) is 9.87. The summed E-state index contributed by atoms with van der Waals surface area (Å²) < 4.78 is 6.99. The lowest BCUT2D eigenvalue weighted by Crippen LogP contribution is -2.31. The number of benzene rings is 1. The molecule has 1 N–H and O–H groups in total. The summed E-state index contributed by atoms with van der Waals surface area (Å²) in [6.45, 7) is 2.26. The van der Waals surface area contributed by atoms with Crippen LogP contribution in [0.2, 0.25) is 0 Å². The number of hydrogen-bond acceptors (Lipinski definition) is 7. The van der Waals surface area contributed by atoms with Crippen molar-refractivity contribution in [2.24, 2.45) is 13.0 Å². The number of ether oxygens (including phenoxy) is 1. The molecule has 32 heavy (non-hydrogen) atoms. The number of methoxy groups -OCH3 is 1. The fraction of sp³-hybridized carbons (Fsp3) is 0.391. The molecule has 1 aliphatic rings. The number of aryl methyl sites for hydroxylation is 1. The maximum atomic E-state index is 12.3. The van der Waals surface area contributed by atoms with E-state index >= 15 is 0 Å². The van der Waals surface area contributed by atoms with Gasteiger partial charge in [0.25, 0.3) is 5.91 Å². The predicted octanol–water partition coefficient (Wildman–Crippen LogP) is 4.12. The zero-order valence-electron chi connectivity index (χ0n) is 18.4. The van der Waals surface area contributed by atoms with Gasteiger partial charge in [-0.1, -0.05) is 25.1 Å². The van der Waals surface area contributed by atoms with E-state index in [1.807, 2.05) is 11.6 Å². The molecule has 2 amide bonds. The number of carbonyl (C=O) groups is 2. The van der Waals surface area contributed by atoms with Crippen LogP contribution in [0.4, 0.5) is 0 Å². The summed E-state index contributed by atoms with van der Waals surface area (Å²) >= 11 is 3.06. The van der Waals surface area contributed by atoms with Gasteiger partial charge in [-0.15, -0.1) is 21.5 Å². The van der Waals surface area contributed by atoms with Crippen molar-refractivity contribution in [3.05, 3.63) is 46.3 Å². The van der Waals surface area contributed by atoms with Gasteiger partial charge in [-0.2, -0.15) is 0 Å². The Kier molecular flexibility index (Phi) is 6.95. The topological polar surface area (TPSA) is 86.1 Å². The second-order valence-corrected chi connectivity index (χ2v) is 9.92. The zero-order chi connectivity index (χ0) is 22.7. The molecule has 1 aliphatic carbocycles. The third kappa shape index (κ3) is 4.88. The van der Waals surface area contributed by atoms with E-state index in [1.165, 1.54) is 35.0 Å². The van der Waals surface area contributed by atoms with E-state index in [0.717, 1.165) is 29.5 Å². The standard InChI is InChI=1S/C23H26N4O3S2/c1-4-14-5-10-18-16(11-14)12-19(32-18)21-25-26-23(27(21)2)31-13-20(28)24-22(29)15-6-8-17(30-3)9-7-15/h6-9,12,14H,4-5,10-11,13H2,1-3H3,(H,24,28,29). The molecule has 168 valence electrons. The van der Waals surface area contributed by atoms with E-state index in [1.54, 1.807) is 42.7 Å². The Morgan fingerprint density at radius 1 is 1.28 bits per heavy atom. The highest BCUT2D eigenvalue weighted by molar-refractivity contribution is 7.99. The van der Waals surface area contributed by atoms with Crippen molar-refractivity contribution in [3.63, 3.8) is 0 Å². The van der Waals surface area contributed by atoms with Crippen molar-refractivity contribution in [1.29, 1.82) is 0 Å². The van der Waals surface area contributed by atoms with Crippen molar-refractivity contribution in [1.82, 2.24) is 20.1 Å². The molecule has 0 spiro atoms. The average Bonchev–Trinajstić information content (AvgIpc) is 3.39. The molecule has 3 aromatic rings. The molecule has 7 nitrogen and oxygen atoms in total. The highest BCUT2D eigenvalue weighted by Gasteiger charge is 2.23. The second-order valence-electron chi connectivity index (χ2n) is 7.84. The molecule has 0 saturated heterocycles. The first-order chi connectivity index (χ1) is 15.5. The van der Waals surface area contributed by atoms with Gasteiger partial charge in [-0.25, -0.2) is 0 Å². The van der Waals surface area contributed by atoms with Gasteiger partial charge in [0.2, 0.25) is 5.91 Å². The normalized spacial score (nSPS) is 15.3. The van der Waals surface area contributed by atoms with Crippen LogP contribution >= 0.6 is 23.1 Å². The minimum atomic E-state index is -0.438. The fourth-order valence-corrected chi connectivity index (χ4v) is 5.76. The lowest BCUT2D eigenvalue weighted by molar-refractivity contribution is -0.117. The van der Waals surface area contributed by atoms with Crippen LogP contribution in [0.3, 0.4) is 0 Å². The summed E-state index contributed by atoms with van der Waals surface area (Å²) in [7, 11) is 3.47. The van der Waals surface area contributed by atoms with E-state index in [0.29, 0.717) is 16.5 Å². The molecule has 2 aromatic heterocycles. The van der Waals surface area contributed by atoms with Gasteiger partial charge in [0.1, 0.15) is 5.75 Å². The fourth-order valence-electron chi connectivity index (χ4n) is 3.82. The molecular formula is C23H26N4O3S2. The number of imide groups is 1. The molecule has 2 heterocycles. The lowest BCUT2D eigenvalue weighted by atomic mass is 9.87. The Morgan fingerprint density at radius 2 is 2.06 bits per heavy atom. The van der Waals surface area contributed by atoms with Gasteiger partial charge in [-0.3, -0.25) is 14.9 Å². The quantitative estimate of drug-likeness (QED) is 0.523. The number of rotatable bonds is 7. The van der Waals surface area contributed by atoms with Gasteiger partial charge in [0.05, 0.1) is 17.7 Å². The van der Waals surface area contributed by atoms with Crippen LogP contribution in [0, 0.1) is 5.92 Å². The number of thiophene rings is 1. The number of fused-ring (bicyclic) bond motifs is 1. The van der Waals surface area contributed by atoms with Crippen molar-refractivity contribution in [3.8, 4) is 16.5 Å². The van der Waals surface area contributed by atoms with Gasteiger partial charge in [0, 0.05) is 17.5 Å². The van der Waals surface area contributed by atoms with E-state index in [9.17, 15) is 9.59 Å². The van der Waals surface area contributed by atoms with Crippen LogP contribution in [-0.4, -0.2) is 39.4 Å². The van der Waals surface area contributed by atoms with Crippen LogP contribution in [0.1, 0.15) is 40.6 Å². The maximum absolute atomic E-state index is 12.3. The minimum absolute atomic E-state index is 0.0764. The smallest absolute Gasteiger partial charge is 0.257 e. The highest BCUT2D eigenvalue weighted by Crippen LogP contribution is 2.38. The average molecular weight is 471 g/mol. The largest absolute Gasteiger partial charge is 0.497 e. The van der Waals surface area contributed by atoms with Crippen molar-refractivity contribution in [2.45, 2.75) is 37.8 Å². The molecule has 0 fully saturated rings. The number of amides is 2. The number of aromatic nitrogens is 3. The summed E-state index contributed by atoms with van der Waals surface area (Å²) in [6, 6.07) is 8.85. The summed E-state index contributed by atoms with van der Waals surface area (Å²) in [5.74, 6) is 1.50. The monoisotopic (exact) mass is 470 g/mol. The molecular weight excluding hydrogens is 444 g/mol. The maximum Gasteiger partial charge on any atom is 0.257 e. The Labute approximate surface area is 195 Å². The van der Waals surface area contributed by atoms with Crippen molar-refractivity contribution >= 4 is 34.9 Å². The minimum Gasteiger partial charge on any atom is -0.497 e. The van der Waals surface area contributed by atoms with E-state index in [-0.39, 0.29) is 11.7 Å². The highest BCUT2D eigenvalue weighted by atomic mass is 32.2. The van der Waals surface area contributed by atoms with Crippen LogP contribution in [0.5, 0.6) is 5.75 Å². The SMILES string of the molecule is CCC1CCc2sc(-c3nnc(SCC(=O)NC(=O)c4ccc(OC)cc4)n3C)cc2C1. The van der Waals surface area contributed by atoms with Crippen LogP contribution in [0.25, 0.3) is 10.7 Å². The van der Waals surface area contributed by atoms with Gasteiger partial charge < -0.3 is 9.30 Å². The first-order valence-electron chi connectivity index (χ1n) is 10.6. The third-order valence-corrected chi connectivity index (χ3v) is 8.01. The summed E-state index contributed by atoms with van der Waals surface area (Å²) in [4.78, 5) is 27.1. The lowest BCUT2D eigenvalue weighted by Gasteiger charge is -2.19. The van der Waals surface area contributed by atoms with Crippen LogP contribution in [-0.2, 0) is 24.7 Å². The molecule has 9 heteroatoms. The Hall–Kier alpha value is -2.65. The number of nitrogens with one attached hydrogen (secondary N) is 1. The predicted molar refractivity (Wildman–Crippen MR) is 126 cm³/mol. The summed E-state index contributed by atoms with van der Waals surface area (Å²) in [6.07, 6.45) is 4.76. The van der Waals surface area contributed by atoms with Crippen LogP contribution in [0.15, 0.2) is 35.5 Å². The van der Waals surface area contributed by atoms with E-state index < -0.39 is 5.91 Å². The summed E-state index contributed by atoms with van der Waals surface area (Å²) in [5, 5.41) is 11.7. The molecule has 1 unspecified atom stereocenters. The molecule has 4 rings (SSSR count). The molecule has 0 bridgehead atoms. The van der Waals surface area contributed by atoms with Gasteiger partial charge in [-0.05, 0) is 61.1 Å². The number of thioether (sulfide) groups is 1. The number of carbonyl (C=O) groups excluding carboxylic acids is 2. The molecule has 1 atom stereocenters. The Morgan fingerprint density at radius 3 is 2.78 bits per heavy atom. The third-order valence-electron chi connectivity index (χ3n) is 5.76. The first-order valence-corrected chi connectivity index (χ1v) is 12.4. The number of nitrogens with zero attached hydrogens (tertiary/aromatic N) is 3. The van der Waals surface area contributed by atoms with Crippen molar-refractivity contribution in [2.75, 3.05) is 12.9 Å². The Balaban J connectivity index is 1.36. The number of hydrogen-bond donors (Lipinski definition) is 1. The molecule has 0 saturated carbocycles. The Bertz CT molecular complexity index is 1120. The van der Waals surface area contributed by atoms with Crippen LogP contribution < -0.4 is 10.1 Å². The van der Waals surface area contributed by atoms with E-state index in [4.69, 9.17) is 4.74 Å². The first kappa shape index (κ1) is 22.5. The van der Waals surface area contributed by atoms with E-state index in [2.05, 4.69) is 28.5 Å². The van der Waals surface area contributed by atoms with Gasteiger partial charge in [0.15, 0.2) is 11.0 Å². The van der Waals surface area contributed by atoms with Gasteiger partial charge >= 0.3 is 0 Å². The van der Waals surface area contributed by atoms with Crippen molar-refractivity contribution < 1.29 is 14.3 Å². The zero-order valence-corrected chi connectivity index (χ0v) is 20.0. The summed E-state index contributed by atoms with van der Waals surface area (Å²) in [5.41, 5.74) is 1.84. The molecule has 0 radical (unpaired) electrons. The molecule has 1 aromatic carbocycles.